The molecule has 0 aromatic rings. The van der Waals surface area contributed by atoms with Crippen LogP contribution in [0, 0.1) is 5.92 Å². The highest BCUT2D eigenvalue weighted by Gasteiger charge is 2.37. The average molecular weight is 279 g/mol. The lowest BCUT2D eigenvalue weighted by atomic mass is 9.83. The number of carbonyl (C=O) groups excluding carboxylic acids is 1. The third kappa shape index (κ3) is 3.34. The predicted molar refractivity (Wildman–Crippen MR) is 80.3 cm³/mol. The molecule has 2 heterocycles. The van der Waals surface area contributed by atoms with E-state index < -0.39 is 0 Å². The summed E-state index contributed by atoms with van der Waals surface area (Å²) in [5.74, 6) is 0.943. The second-order valence-electron chi connectivity index (χ2n) is 7.04. The molecule has 0 spiro atoms. The van der Waals surface area contributed by atoms with Crippen LogP contribution in [0.2, 0.25) is 0 Å². The molecule has 4 unspecified atom stereocenters. The number of hydrogen-bond donors (Lipinski definition) is 2. The van der Waals surface area contributed by atoms with Crippen molar-refractivity contribution in [2.75, 3.05) is 13.1 Å². The Labute approximate surface area is 122 Å². The Bertz CT molecular complexity index is 347. The molecule has 3 fully saturated rings. The third-order valence-corrected chi connectivity index (χ3v) is 5.56. The van der Waals surface area contributed by atoms with E-state index in [4.69, 9.17) is 5.73 Å². The van der Waals surface area contributed by atoms with Gasteiger partial charge in [-0.3, -0.25) is 9.69 Å². The van der Waals surface area contributed by atoms with Crippen molar-refractivity contribution in [1.82, 2.24) is 10.2 Å². The van der Waals surface area contributed by atoms with Crippen molar-refractivity contribution in [3.8, 4) is 0 Å². The van der Waals surface area contributed by atoms with Crippen LogP contribution >= 0.6 is 0 Å². The van der Waals surface area contributed by atoms with Crippen LogP contribution in [0.4, 0.5) is 0 Å². The summed E-state index contributed by atoms with van der Waals surface area (Å²) in [6.45, 7) is 2.41. The van der Waals surface area contributed by atoms with Crippen molar-refractivity contribution in [3.05, 3.63) is 0 Å². The molecule has 0 bridgehead atoms. The van der Waals surface area contributed by atoms with Gasteiger partial charge in [-0.15, -0.1) is 0 Å². The zero-order chi connectivity index (χ0) is 13.9. The topological polar surface area (TPSA) is 58.4 Å². The van der Waals surface area contributed by atoms with Gasteiger partial charge in [0.05, 0.1) is 0 Å². The summed E-state index contributed by atoms with van der Waals surface area (Å²) in [7, 11) is 0. The molecule has 0 radical (unpaired) electrons. The standard InChI is InChI=1S/C16H29N3O/c17-13-4-1-3-12(11-13)6-7-16(20)18-14-8-10-19-9-2-5-15(14)19/h12-15H,1-11,17H2,(H,18,20). The van der Waals surface area contributed by atoms with E-state index in [1.54, 1.807) is 0 Å². The molecule has 1 amide bonds. The lowest BCUT2D eigenvalue weighted by Crippen LogP contribution is -2.42. The number of nitrogens with two attached hydrogens (primary N) is 1. The molecule has 4 heteroatoms. The number of nitrogens with one attached hydrogen (secondary N) is 1. The Morgan fingerprint density at radius 3 is 2.90 bits per heavy atom. The number of fused-ring (bicyclic) bond motifs is 1. The van der Waals surface area contributed by atoms with Gasteiger partial charge in [-0.25, -0.2) is 0 Å². The third-order valence-electron chi connectivity index (χ3n) is 5.56. The molecule has 4 nitrogen and oxygen atoms in total. The summed E-state index contributed by atoms with van der Waals surface area (Å²) >= 11 is 0. The highest BCUT2D eigenvalue weighted by Crippen LogP contribution is 2.29. The summed E-state index contributed by atoms with van der Waals surface area (Å²) in [4.78, 5) is 14.7. The number of nitrogens with zero attached hydrogens (tertiary/aromatic N) is 1. The summed E-state index contributed by atoms with van der Waals surface area (Å²) in [5, 5.41) is 3.29. The van der Waals surface area contributed by atoms with Gasteiger partial charge in [0.25, 0.3) is 0 Å². The van der Waals surface area contributed by atoms with Gasteiger partial charge in [-0.2, -0.15) is 0 Å². The van der Waals surface area contributed by atoms with Crippen LogP contribution in [0.1, 0.15) is 57.8 Å². The minimum absolute atomic E-state index is 0.267. The second-order valence-corrected chi connectivity index (χ2v) is 7.04. The van der Waals surface area contributed by atoms with E-state index in [1.807, 2.05) is 0 Å². The largest absolute Gasteiger partial charge is 0.352 e. The molecule has 3 N–H and O–H groups in total. The van der Waals surface area contributed by atoms with Crippen LogP contribution in [0.5, 0.6) is 0 Å². The summed E-state index contributed by atoms with van der Waals surface area (Å²) in [5.41, 5.74) is 6.02. The normalized spacial score (nSPS) is 37.9. The van der Waals surface area contributed by atoms with Gasteiger partial charge in [0.15, 0.2) is 0 Å². The van der Waals surface area contributed by atoms with Gasteiger partial charge in [0.1, 0.15) is 0 Å². The molecule has 2 aliphatic heterocycles. The minimum Gasteiger partial charge on any atom is -0.352 e. The quantitative estimate of drug-likeness (QED) is 0.822. The average Bonchev–Trinajstić information content (AvgIpc) is 3.02. The van der Waals surface area contributed by atoms with Crippen molar-refractivity contribution in [1.29, 1.82) is 0 Å². The lowest BCUT2D eigenvalue weighted by molar-refractivity contribution is -0.122. The Morgan fingerprint density at radius 2 is 2.05 bits per heavy atom. The first-order valence-corrected chi connectivity index (χ1v) is 8.51. The van der Waals surface area contributed by atoms with E-state index in [0.717, 1.165) is 19.3 Å². The number of carbonyl (C=O) groups is 1. The Morgan fingerprint density at radius 1 is 1.15 bits per heavy atom. The summed E-state index contributed by atoms with van der Waals surface area (Å²) in [6.07, 6.45) is 10.2. The van der Waals surface area contributed by atoms with Gasteiger partial charge in [-0.1, -0.05) is 12.8 Å². The van der Waals surface area contributed by atoms with Crippen LogP contribution in [-0.4, -0.2) is 42.0 Å². The zero-order valence-corrected chi connectivity index (χ0v) is 12.5. The van der Waals surface area contributed by atoms with Crippen LogP contribution < -0.4 is 11.1 Å². The van der Waals surface area contributed by atoms with Crippen LogP contribution in [0.25, 0.3) is 0 Å². The molecule has 3 rings (SSSR count). The fraction of sp³-hybridized carbons (Fsp3) is 0.938. The van der Waals surface area contributed by atoms with Gasteiger partial charge < -0.3 is 11.1 Å². The van der Waals surface area contributed by atoms with Gasteiger partial charge in [0, 0.05) is 31.1 Å². The minimum atomic E-state index is 0.267. The van der Waals surface area contributed by atoms with E-state index in [9.17, 15) is 4.79 Å². The first-order chi connectivity index (χ1) is 9.72. The van der Waals surface area contributed by atoms with Gasteiger partial charge >= 0.3 is 0 Å². The molecule has 0 aromatic carbocycles. The zero-order valence-electron chi connectivity index (χ0n) is 12.5. The number of amides is 1. The monoisotopic (exact) mass is 279 g/mol. The molecule has 20 heavy (non-hydrogen) atoms. The van der Waals surface area contributed by atoms with Gasteiger partial charge in [-0.05, 0) is 51.0 Å². The molecule has 1 aliphatic carbocycles. The van der Waals surface area contributed by atoms with E-state index in [2.05, 4.69) is 10.2 Å². The first kappa shape index (κ1) is 14.3. The van der Waals surface area contributed by atoms with Crippen molar-refractivity contribution >= 4 is 5.91 Å². The molecule has 3 aliphatic rings. The number of rotatable bonds is 4. The maximum atomic E-state index is 12.2. The maximum absolute atomic E-state index is 12.2. The van der Waals surface area contributed by atoms with Crippen LogP contribution in [0.15, 0.2) is 0 Å². The highest BCUT2D eigenvalue weighted by molar-refractivity contribution is 5.76. The summed E-state index contributed by atoms with van der Waals surface area (Å²) in [6, 6.07) is 1.42. The lowest BCUT2D eigenvalue weighted by Gasteiger charge is -2.26. The van der Waals surface area contributed by atoms with E-state index in [-0.39, 0.29) is 5.91 Å². The molecule has 0 aromatic heterocycles. The van der Waals surface area contributed by atoms with Crippen molar-refractivity contribution in [2.24, 2.45) is 11.7 Å². The molecule has 2 saturated heterocycles. The fourth-order valence-corrected chi connectivity index (χ4v) is 4.46. The smallest absolute Gasteiger partial charge is 0.220 e. The summed E-state index contributed by atoms with van der Waals surface area (Å²) < 4.78 is 0. The van der Waals surface area contributed by atoms with E-state index >= 15 is 0 Å². The fourth-order valence-electron chi connectivity index (χ4n) is 4.46. The van der Waals surface area contributed by atoms with E-state index in [0.29, 0.717) is 30.5 Å². The molecule has 114 valence electrons. The van der Waals surface area contributed by atoms with Crippen molar-refractivity contribution in [2.45, 2.75) is 75.9 Å². The van der Waals surface area contributed by atoms with Gasteiger partial charge in [0.2, 0.25) is 5.91 Å². The van der Waals surface area contributed by atoms with Crippen LogP contribution in [0.3, 0.4) is 0 Å². The first-order valence-electron chi connectivity index (χ1n) is 8.51. The molecule has 4 atom stereocenters. The van der Waals surface area contributed by atoms with Crippen molar-refractivity contribution < 1.29 is 4.79 Å². The highest BCUT2D eigenvalue weighted by atomic mass is 16.1. The maximum Gasteiger partial charge on any atom is 0.220 e. The number of hydrogen-bond acceptors (Lipinski definition) is 3. The molecular formula is C16H29N3O. The molecular weight excluding hydrogens is 250 g/mol. The predicted octanol–water partition coefficient (Wildman–Crippen LogP) is 1.64. The van der Waals surface area contributed by atoms with E-state index in [1.165, 1.54) is 45.2 Å². The van der Waals surface area contributed by atoms with Crippen LogP contribution in [-0.2, 0) is 4.79 Å². The van der Waals surface area contributed by atoms with Crippen molar-refractivity contribution in [3.63, 3.8) is 0 Å². The Hall–Kier alpha value is -0.610. The Kier molecular flexibility index (Phi) is 4.61. The second kappa shape index (κ2) is 6.44. The SMILES string of the molecule is NC1CCCC(CCC(=O)NC2CCN3CCCC23)C1. The Balaban J connectivity index is 1.39. The molecule has 1 saturated carbocycles.